The van der Waals surface area contributed by atoms with Crippen LogP contribution < -0.4 is 5.32 Å². The molecule has 3 atom stereocenters. The second-order valence-corrected chi connectivity index (χ2v) is 12.1. The van der Waals surface area contributed by atoms with E-state index in [-0.39, 0.29) is 34.8 Å². The Hall–Kier alpha value is -2.68. The molecule has 3 aliphatic rings. The van der Waals surface area contributed by atoms with E-state index in [9.17, 15) is 14.0 Å². The van der Waals surface area contributed by atoms with Crippen LogP contribution in [-0.2, 0) is 16.1 Å². The van der Waals surface area contributed by atoms with E-state index >= 15 is 0 Å². The molecule has 39 heavy (non-hydrogen) atoms. The van der Waals surface area contributed by atoms with Crippen LogP contribution in [0.25, 0.3) is 6.08 Å². The van der Waals surface area contributed by atoms with E-state index in [2.05, 4.69) is 22.0 Å². The molecule has 3 unspecified atom stereocenters. The average Bonchev–Trinajstić information content (AvgIpc) is 2.97. The fourth-order valence-corrected chi connectivity index (χ4v) is 7.33. The Morgan fingerprint density at radius 3 is 2.46 bits per heavy atom. The Kier molecular flexibility index (Phi) is 9.37. The lowest BCUT2D eigenvalue weighted by atomic mass is 9.83. The molecule has 2 aliphatic heterocycles. The van der Waals surface area contributed by atoms with Gasteiger partial charge < -0.3 is 15.1 Å². The average molecular weight is 551 g/mol. The fraction of sp³-hybridized carbons (Fsp3) is 0.484. The van der Waals surface area contributed by atoms with E-state index in [4.69, 9.17) is 0 Å². The van der Waals surface area contributed by atoms with Crippen molar-refractivity contribution in [3.05, 3.63) is 76.4 Å². The minimum atomic E-state index is -0.288. The highest BCUT2D eigenvalue weighted by Gasteiger charge is 2.44. The molecule has 2 heterocycles. The van der Waals surface area contributed by atoms with Gasteiger partial charge in [0.15, 0.2) is 0 Å². The Morgan fingerprint density at radius 1 is 1.03 bits per heavy atom. The lowest BCUT2D eigenvalue weighted by molar-refractivity contribution is -0.133. The fourth-order valence-electron chi connectivity index (χ4n) is 5.91. The van der Waals surface area contributed by atoms with Crippen LogP contribution in [0.15, 0.2) is 59.5 Å². The second kappa shape index (κ2) is 13.1. The van der Waals surface area contributed by atoms with Crippen molar-refractivity contribution in [3.63, 3.8) is 0 Å². The van der Waals surface area contributed by atoms with Crippen LogP contribution in [0.4, 0.5) is 4.39 Å². The van der Waals surface area contributed by atoms with Gasteiger partial charge in [0.25, 0.3) is 5.91 Å². The van der Waals surface area contributed by atoms with Gasteiger partial charge in [0.05, 0.1) is 4.91 Å². The number of carbonyl (C=O) groups excluding carboxylic acids is 2. The summed E-state index contributed by atoms with van der Waals surface area (Å²) in [7, 11) is 0. The summed E-state index contributed by atoms with van der Waals surface area (Å²) in [6.07, 6.45) is 4.34. The molecule has 2 saturated heterocycles. The molecular weight excluding hydrogens is 511 g/mol. The molecule has 5 rings (SSSR count). The molecule has 6 nitrogen and oxygen atoms in total. The summed E-state index contributed by atoms with van der Waals surface area (Å²) in [5.41, 5.74) is 1.89. The van der Waals surface area contributed by atoms with Crippen molar-refractivity contribution in [2.45, 2.75) is 44.0 Å². The Labute approximate surface area is 235 Å². The van der Waals surface area contributed by atoms with Gasteiger partial charge in [-0.2, -0.15) is 0 Å². The standard InChI is InChI=1S/C31H39FN4O2S/c1-2-34-16-18-35(19-17-34)15-14-33-30(37)25-10-13-28-27(21-25)36(22-24-8-11-26(32)12-9-24)31(38)29(39-28)20-23-6-4-3-5-7-23/h3-9,11-12,20,25,27-28H,2,10,13-19,21-22H2,1H3,(H,33,37)/b29-20-. The van der Waals surface area contributed by atoms with E-state index in [0.29, 0.717) is 19.5 Å². The number of hydrogen-bond acceptors (Lipinski definition) is 5. The number of amides is 2. The van der Waals surface area contributed by atoms with E-state index in [1.807, 2.05) is 41.3 Å². The van der Waals surface area contributed by atoms with Gasteiger partial charge in [-0.15, -0.1) is 11.8 Å². The highest BCUT2D eigenvalue weighted by molar-refractivity contribution is 8.04. The molecular formula is C31H39FN4O2S. The minimum Gasteiger partial charge on any atom is -0.355 e. The normalized spacial score (nSPS) is 25.5. The number of nitrogens with one attached hydrogen (secondary N) is 1. The number of likely N-dealkylation sites (N-methyl/N-ethyl adjacent to an activating group) is 1. The molecule has 0 radical (unpaired) electrons. The van der Waals surface area contributed by atoms with Crippen LogP contribution in [0.5, 0.6) is 0 Å². The number of fused-ring (bicyclic) bond motifs is 1. The maximum absolute atomic E-state index is 13.8. The van der Waals surface area contributed by atoms with Crippen LogP contribution in [0.3, 0.4) is 0 Å². The summed E-state index contributed by atoms with van der Waals surface area (Å²) in [4.78, 5) is 34.5. The molecule has 1 N–H and O–H groups in total. The van der Waals surface area contributed by atoms with E-state index < -0.39 is 0 Å². The molecule has 2 amide bonds. The lowest BCUT2D eigenvalue weighted by Gasteiger charge is -2.46. The Bertz CT molecular complexity index is 1150. The largest absolute Gasteiger partial charge is 0.355 e. The third-order valence-electron chi connectivity index (χ3n) is 8.28. The molecule has 0 bridgehead atoms. The van der Waals surface area contributed by atoms with Crippen LogP contribution in [0.1, 0.15) is 37.3 Å². The lowest BCUT2D eigenvalue weighted by Crippen LogP contribution is -2.54. The number of piperazine rings is 1. The predicted molar refractivity (Wildman–Crippen MR) is 155 cm³/mol. The van der Waals surface area contributed by atoms with Gasteiger partial charge in [-0.1, -0.05) is 49.4 Å². The molecule has 0 aromatic heterocycles. The van der Waals surface area contributed by atoms with Gasteiger partial charge in [-0.3, -0.25) is 14.5 Å². The van der Waals surface area contributed by atoms with Gasteiger partial charge in [0.2, 0.25) is 5.91 Å². The summed E-state index contributed by atoms with van der Waals surface area (Å²) in [5.74, 6) is -0.303. The van der Waals surface area contributed by atoms with Crippen LogP contribution in [-0.4, -0.2) is 83.6 Å². The SMILES string of the molecule is CCN1CCN(CCNC(=O)C2CCC3S/C(=C\c4ccccc4)C(=O)N(Cc4ccc(F)cc4)C3C2)CC1. The summed E-state index contributed by atoms with van der Waals surface area (Å²) >= 11 is 1.66. The Balaban J connectivity index is 1.25. The molecule has 1 aliphatic carbocycles. The number of carbonyl (C=O) groups is 2. The zero-order chi connectivity index (χ0) is 27.2. The molecule has 8 heteroatoms. The van der Waals surface area contributed by atoms with Crippen molar-refractivity contribution in [3.8, 4) is 0 Å². The number of nitrogens with zero attached hydrogens (tertiary/aromatic N) is 3. The predicted octanol–water partition coefficient (Wildman–Crippen LogP) is 4.23. The number of benzene rings is 2. The van der Waals surface area contributed by atoms with Crippen molar-refractivity contribution in [2.24, 2.45) is 5.92 Å². The summed E-state index contributed by atoms with van der Waals surface area (Å²) in [5, 5.41) is 3.42. The monoisotopic (exact) mass is 550 g/mol. The molecule has 1 saturated carbocycles. The highest BCUT2D eigenvalue weighted by Crippen LogP contribution is 2.44. The first-order valence-corrected chi connectivity index (χ1v) is 15.1. The molecule has 0 spiro atoms. The van der Waals surface area contributed by atoms with Crippen LogP contribution in [0.2, 0.25) is 0 Å². The van der Waals surface area contributed by atoms with Gasteiger partial charge in [-0.05, 0) is 55.1 Å². The first-order valence-electron chi connectivity index (χ1n) is 14.2. The van der Waals surface area contributed by atoms with Crippen LogP contribution in [0, 0.1) is 11.7 Å². The number of rotatable bonds is 8. The molecule has 2 aromatic rings. The van der Waals surface area contributed by atoms with E-state index in [0.717, 1.165) is 68.1 Å². The van der Waals surface area contributed by atoms with Crippen molar-refractivity contribution >= 4 is 29.7 Å². The number of thioether (sulfide) groups is 1. The maximum Gasteiger partial charge on any atom is 0.260 e. The summed E-state index contributed by atoms with van der Waals surface area (Å²) in [6.45, 7) is 9.51. The summed E-state index contributed by atoms with van der Waals surface area (Å²) < 4.78 is 13.6. The zero-order valence-electron chi connectivity index (χ0n) is 22.7. The van der Waals surface area contributed by atoms with Gasteiger partial charge in [-0.25, -0.2) is 4.39 Å². The quantitative estimate of drug-likeness (QED) is 0.499. The number of hydrogen-bond donors (Lipinski definition) is 1. The van der Waals surface area contributed by atoms with Crippen molar-refractivity contribution in [2.75, 3.05) is 45.8 Å². The molecule has 2 aromatic carbocycles. The number of halogens is 1. The van der Waals surface area contributed by atoms with Crippen molar-refractivity contribution in [1.82, 2.24) is 20.0 Å². The van der Waals surface area contributed by atoms with Crippen molar-refractivity contribution < 1.29 is 14.0 Å². The van der Waals surface area contributed by atoms with E-state index in [1.54, 1.807) is 23.9 Å². The zero-order valence-corrected chi connectivity index (χ0v) is 23.5. The highest BCUT2D eigenvalue weighted by atomic mass is 32.2. The first-order chi connectivity index (χ1) is 19.0. The second-order valence-electron chi connectivity index (χ2n) is 10.8. The van der Waals surface area contributed by atoms with Gasteiger partial charge >= 0.3 is 0 Å². The smallest absolute Gasteiger partial charge is 0.260 e. The Morgan fingerprint density at radius 2 is 1.74 bits per heavy atom. The maximum atomic E-state index is 13.8. The van der Waals surface area contributed by atoms with Crippen LogP contribution >= 0.6 is 11.8 Å². The topological polar surface area (TPSA) is 55.9 Å². The molecule has 3 fully saturated rings. The molecule has 208 valence electrons. The minimum absolute atomic E-state index is 0.0123. The summed E-state index contributed by atoms with van der Waals surface area (Å²) in [6, 6.07) is 16.2. The third kappa shape index (κ3) is 7.10. The van der Waals surface area contributed by atoms with Gasteiger partial charge in [0.1, 0.15) is 5.82 Å². The third-order valence-corrected chi connectivity index (χ3v) is 9.68. The van der Waals surface area contributed by atoms with Gasteiger partial charge in [0, 0.05) is 63.0 Å². The van der Waals surface area contributed by atoms with E-state index in [1.165, 1.54) is 12.1 Å². The van der Waals surface area contributed by atoms with Crippen molar-refractivity contribution in [1.29, 1.82) is 0 Å². The first kappa shape index (κ1) is 27.9.